The summed E-state index contributed by atoms with van der Waals surface area (Å²) in [5.41, 5.74) is 0. The Balaban J connectivity index is 2.29. The highest BCUT2D eigenvalue weighted by atomic mass is 16.5. The van der Waals surface area contributed by atoms with Crippen molar-refractivity contribution in [3.8, 4) is 0 Å². The zero-order valence-electron chi connectivity index (χ0n) is 9.30. The van der Waals surface area contributed by atoms with Gasteiger partial charge in [-0.2, -0.15) is 5.06 Å². The number of nitrogens with zero attached hydrogens (tertiary/aromatic N) is 2. The van der Waals surface area contributed by atoms with Crippen LogP contribution < -0.4 is 0 Å². The average molecular weight is 212 g/mol. The van der Waals surface area contributed by atoms with Gasteiger partial charge in [-0.3, -0.25) is 4.79 Å². The van der Waals surface area contributed by atoms with Crippen LogP contribution in [0.3, 0.4) is 0 Å². The fourth-order valence-corrected chi connectivity index (χ4v) is 2.00. The predicted molar refractivity (Wildman–Crippen MR) is 58.6 cm³/mol. The molecule has 0 aromatic carbocycles. The van der Waals surface area contributed by atoms with Crippen molar-refractivity contribution in [3.05, 3.63) is 12.7 Å². The number of hydrogen-bond donors (Lipinski definition) is 1. The molecule has 1 aliphatic rings. The van der Waals surface area contributed by atoms with Crippen LogP contribution in [0.1, 0.15) is 26.2 Å². The first-order chi connectivity index (χ1) is 7.19. The van der Waals surface area contributed by atoms with Gasteiger partial charge in [-0.1, -0.05) is 6.08 Å². The Morgan fingerprint density at radius 1 is 1.60 bits per heavy atom. The fourth-order valence-electron chi connectivity index (χ4n) is 2.00. The van der Waals surface area contributed by atoms with Gasteiger partial charge in [0.05, 0.1) is 0 Å². The summed E-state index contributed by atoms with van der Waals surface area (Å²) in [7, 11) is 0. The van der Waals surface area contributed by atoms with Crippen molar-refractivity contribution in [2.45, 2.75) is 38.3 Å². The molecule has 0 aliphatic carbocycles. The number of amides is 1. The van der Waals surface area contributed by atoms with E-state index < -0.39 is 0 Å². The van der Waals surface area contributed by atoms with Crippen molar-refractivity contribution < 1.29 is 10.0 Å². The molecule has 4 heteroatoms. The maximum atomic E-state index is 10.6. The first kappa shape index (κ1) is 12.2. The third kappa shape index (κ3) is 3.32. The molecule has 0 spiro atoms. The zero-order valence-corrected chi connectivity index (χ0v) is 9.30. The maximum Gasteiger partial charge on any atom is 0.209 e. The lowest BCUT2D eigenvalue weighted by Crippen LogP contribution is -2.34. The van der Waals surface area contributed by atoms with Gasteiger partial charge in [-0.05, 0) is 26.2 Å². The van der Waals surface area contributed by atoms with Crippen LogP contribution in [0, 0.1) is 0 Å². The van der Waals surface area contributed by atoms with Gasteiger partial charge in [0, 0.05) is 25.2 Å². The first-order valence-electron chi connectivity index (χ1n) is 5.46. The van der Waals surface area contributed by atoms with E-state index in [0.717, 1.165) is 25.7 Å². The Bertz CT molecular complexity index is 221. The lowest BCUT2D eigenvalue weighted by Gasteiger charge is -2.23. The van der Waals surface area contributed by atoms with Crippen LogP contribution in [0.2, 0.25) is 0 Å². The molecule has 2 unspecified atom stereocenters. The molecule has 1 amide bonds. The highest BCUT2D eigenvalue weighted by molar-refractivity contribution is 5.47. The van der Waals surface area contributed by atoms with Crippen LogP contribution >= 0.6 is 0 Å². The Kier molecular flexibility index (Phi) is 4.78. The minimum absolute atomic E-state index is 0.201. The summed E-state index contributed by atoms with van der Waals surface area (Å²) < 4.78 is 0. The molecule has 0 saturated carbocycles. The molecule has 86 valence electrons. The van der Waals surface area contributed by atoms with E-state index in [-0.39, 0.29) is 12.1 Å². The van der Waals surface area contributed by atoms with Gasteiger partial charge in [0.1, 0.15) is 0 Å². The predicted octanol–water partition coefficient (Wildman–Crippen LogP) is 1.26. The van der Waals surface area contributed by atoms with Gasteiger partial charge in [0.25, 0.3) is 0 Å². The summed E-state index contributed by atoms with van der Waals surface area (Å²) in [6.45, 7) is 6.88. The van der Waals surface area contributed by atoms with E-state index in [0.29, 0.717) is 13.1 Å². The van der Waals surface area contributed by atoms with Crippen molar-refractivity contribution in [1.29, 1.82) is 0 Å². The summed E-state index contributed by atoms with van der Waals surface area (Å²) in [5.74, 6) is 0. The normalized spacial score (nSPS) is 26.5. The van der Waals surface area contributed by atoms with Crippen LogP contribution in [-0.4, -0.2) is 46.8 Å². The highest BCUT2D eigenvalue weighted by Crippen LogP contribution is 2.23. The zero-order chi connectivity index (χ0) is 11.3. The summed E-state index contributed by atoms with van der Waals surface area (Å²) >= 11 is 0. The van der Waals surface area contributed by atoms with Gasteiger partial charge >= 0.3 is 0 Å². The SMILES string of the molecule is C=CCN(C=O)CCC1CCC(C)N1O. The van der Waals surface area contributed by atoms with Crippen LogP contribution in [0.15, 0.2) is 12.7 Å². The van der Waals surface area contributed by atoms with Crippen molar-refractivity contribution in [3.63, 3.8) is 0 Å². The van der Waals surface area contributed by atoms with Gasteiger partial charge in [0.15, 0.2) is 0 Å². The van der Waals surface area contributed by atoms with E-state index in [4.69, 9.17) is 0 Å². The third-order valence-electron chi connectivity index (χ3n) is 3.01. The van der Waals surface area contributed by atoms with E-state index >= 15 is 0 Å². The van der Waals surface area contributed by atoms with E-state index in [9.17, 15) is 10.0 Å². The third-order valence-corrected chi connectivity index (χ3v) is 3.01. The van der Waals surface area contributed by atoms with Gasteiger partial charge < -0.3 is 10.1 Å². The van der Waals surface area contributed by atoms with Crippen molar-refractivity contribution in [2.24, 2.45) is 0 Å². The number of hydroxylamine groups is 2. The molecule has 0 aromatic heterocycles. The van der Waals surface area contributed by atoms with E-state index in [1.54, 1.807) is 11.0 Å². The molecule has 1 fully saturated rings. The Hall–Kier alpha value is -0.870. The number of carbonyl (C=O) groups is 1. The Morgan fingerprint density at radius 2 is 2.33 bits per heavy atom. The second-order valence-electron chi connectivity index (χ2n) is 4.14. The van der Waals surface area contributed by atoms with Crippen LogP contribution in [0.4, 0.5) is 0 Å². The molecular weight excluding hydrogens is 192 g/mol. The molecule has 0 radical (unpaired) electrons. The number of carbonyl (C=O) groups excluding carboxylic acids is 1. The van der Waals surface area contributed by atoms with E-state index in [2.05, 4.69) is 6.58 Å². The largest absolute Gasteiger partial charge is 0.341 e. The first-order valence-corrected chi connectivity index (χ1v) is 5.46. The molecule has 1 N–H and O–H groups in total. The molecule has 0 aromatic rings. The minimum atomic E-state index is 0.201. The lowest BCUT2D eigenvalue weighted by molar-refractivity contribution is -0.133. The Labute approximate surface area is 91.1 Å². The maximum absolute atomic E-state index is 10.6. The monoisotopic (exact) mass is 212 g/mol. The minimum Gasteiger partial charge on any atom is -0.341 e. The van der Waals surface area contributed by atoms with E-state index in [1.165, 1.54) is 5.06 Å². The molecule has 1 heterocycles. The summed E-state index contributed by atoms with van der Waals surface area (Å²) in [6, 6.07) is 0.450. The quantitative estimate of drug-likeness (QED) is 0.532. The molecule has 1 aliphatic heterocycles. The number of rotatable bonds is 6. The summed E-state index contributed by atoms with van der Waals surface area (Å²) in [5, 5.41) is 11.1. The molecule has 2 atom stereocenters. The van der Waals surface area contributed by atoms with Crippen molar-refractivity contribution >= 4 is 6.41 Å². The molecule has 1 saturated heterocycles. The van der Waals surface area contributed by atoms with Crippen molar-refractivity contribution in [1.82, 2.24) is 9.96 Å². The summed E-state index contributed by atoms with van der Waals surface area (Å²) in [4.78, 5) is 12.3. The van der Waals surface area contributed by atoms with Crippen molar-refractivity contribution in [2.75, 3.05) is 13.1 Å². The van der Waals surface area contributed by atoms with Gasteiger partial charge in [-0.25, -0.2) is 0 Å². The van der Waals surface area contributed by atoms with E-state index in [1.807, 2.05) is 6.92 Å². The fraction of sp³-hybridized carbons (Fsp3) is 0.727. The Morgan fingerprint density at radius 3 is 2.80 bits per heavy atom. The summed E-state index contributed by atoms with van der Waals surface area (Å²) in [6.07, 6.45) is 5.42. The highest BCUT2D eigenvalue weighted by Gasteiger charge is 2.28. The van der Waals surface area contributed by atoms with Gasteiger partial charge in [-0.15, -0.1) is 6.58 Å². The molecule has 1 rings (SSSR count). The molecular formula is C11H20N2O2. The van der Waals surface area contributed by atoms with Crippen LogP contribution in [-0.2, 0) is 4.79 Å². The molecule has 15 heavy (non-hydrogen) atoms. The average Bonchev–Trinajstić information content (AvgIpc) is 2.55. The molecule has 4 nitrogen and oxygen atoms in total. The second kappa shape index (κ2) is 5.88. The van der Waals surface area contributed by atoms with Crippen LogP contribution in [0.25, 0.3) is 0 Å². The topological polar surface area (TPSA) is 43.8 Å². The number of hydrogen-bond acceptors (Lipinski definition) is 3. The van der Waals surface area contributed by atoms with Gasteiger partial charge in [0.2, 0.25) is 6.41 Å². The lowest BCUT2D eigenvalue weighted by atomic mass is 10.1. The molecule has 0 bridgehead atoms. The standard InChI is InChI=1S/C11H20N2O2/c1-3-7-12(9-14)8-6-11-5-4-10(2)13(11)15/h3,9-11,15H,1,4-8H2,2H3. The second-order valence-corrected chi connectivity index (χ2v) is 4.14. The van der Waals surface area contributed by atoms with Crippen LogP contribution in [0.5, 0.6) is 0 Å². The smallest absolute Gasteiger partial charge is 0.209 e.